The van der Waals surface area contributed by atoms with Gasteiger partial charge < -0.3 is 9.84 Å². The van der Waals surface area contributed by atoms with Crippen LogP contribution in [0.15, 0.2) is 60.9 Å². The summed E-state index contributed by atoms with van der Waals surface area (Å²) in [5.74, 6) is 7.06. The van der Waals surface area contributed by atoms with Gasteiger partial charge in [0.15, 0.2) is 5.60 Å². The molecule has 0 amide bonds. The summed E-state index contributed by atoms with van der Waals surface area (Å²) in [6.07, 6.45) is 5.76. The minimum Gasteiger partial charge on any atom is -0.369 e. The molecule has 148 valence electrons. The Morgan fingerprint density at radius 3 is 2.59 bits per heavy atom. The fourth-order valence-electron chi connectivity index (χ4n) is 4.83. The fraction of sp³-hybridized carbons (Fsp3) is 0.375. The van der Waals surface area contributed by atoms with Crippen LogP contribution in [0.1, 0.15) is 24.0 Å². The van der Waals surface area contributed by atoms with Gasteiger partial charge in [0.2, 0.25) is 0 Å². The molecule has 3 aliphatic heterocycles. The van der Waals surface area contributed by atoms with Gasteiger partial charge in [-0.15, -0.1) is 0 Å². The van der Waals surface area contributed by atoms with E-state index in [0.29, 0.717) is 11.5 Å². The first-order valence-corrected chi connectivity index (χ1v) is 10.2. The first kappa shape index (κ1) is 18.4. The van der Waals surface area contributed by atoms with E-state index in [4.69, 9.17) is 4.74 Å². The van der Waals surface area contributed by atoms with Crippen molar-refractivity contribution in [3.8, 4) is 11.8 Å². The molecule has 6 rings (SSSR count). The number of ether oxygens (including phenoxy) is 1. The van der Waals surface area contributed by atoms with Crippen molar-refractivity contribution in [1.82, 2.24) is 14.5 Å². The Morgan fingerprint density at radius 1 is 1.14 bits per heavy atom. The minimum absolute atomic E-state index is 0.397. The van der Waals surface area contributed by atoms with Gasteiger partial charge >= 0.3 is 0 Å². The number of rotatable bonds is 3. The highest BCUT2D eigenvalue weighted by atomic mass is 16.5. The summed E-state index contributed by atoms with van der Waals surface area (Å²) in [7, 11) is 1.74. The quantitative estimate of drug-likeness (QED) is 0.702. The number of benzene rings is 1. The maximum atomic E-state index is 12.0. The van der Waals surface area contributed by atoms with Gasteiger partial charge in [-0.05, 0) is 38.1 Å². The van der Waals surface area contributed by atoms with Crippen LogP contribution >= 0.6 is 0 Å². The molecule has 5 heteroatoms. The van der Waals surface area contributed by atoms with Crippen LogP contribution in [-0.2, 0) is 10.3 Å². The number of piperidine rings is 3. The number of pyridine rings is 1. The molecule has 29 heavy (non-hydrogen) atoms. The smallest absolute Gasteiger partial charge is 0.180 e. The Labute approximate surface area is 170 Å². The van der Waals surface area contributed by atoms with Gasteiger partial charge in [0.25, 0.3) is 0 Å². The first-order chi connectivity index (χ1) is 14.1. The lowest BCUT2D eigenvalue weighted by Crippen LogP contribution is -2.59. The number of nitrogens with zero attached hydrogens (tertiary/aromatic N) is 3. The average molecular weight is 387 g/mol. The average Bonchev–Trinajstić information content (AvgIpc) is 3.24. The molecule has 0 aliphatic carbocycles. The Balaban J connectivity index is 1.66. The Bertz CT molecular complexity index is 1080. The number of hydrogen-bond acceptors (Lipinski definition) is 4. The standard InChI is InChI=1S/C24H25N3O2/c1-29-23(18-26-15-10-19(23)11-16-26)12-13-24(28,20-7-3-2-4-8-20)21-17-25-27-14-6-5-9-22(21)27/h2-9,14,17,19,28H,10-11,15-16,18H2,1H3/t23-,24?/m1/s1. The SMILES string of the molecule is CO[C@]1(C#CC(O)(c2ccccc2)c2cnn3ccccc23)CN2CCC1CC2. The molecule has 2 aromatic heterocycles. The van der Waals surface area contributed by atoms with Crippen LogP contribution in [-0.4, -0.2) is 52.0 Å². The second kappa shape index (κ2) is 7.00. The highest BCUT2D eigenvalue weighted by molar-refractivity contribution is 5.62. The number of aliphatic hydroxyl groups is 1. The maximum Gasteiger partial charge on any atom is 0.180 e. The van der Waals surface area contributed by atoms with E-state index in [1.165, 1.54) is 0 Å². The zero-order valence-electron chi connectivity index (χ0n) is 16.6. The third-order valence-corrected chi connectivity index (χ3v) is 6.53. The molecular formula is C24H25N3O2. The molecule has 3 aromatic rings. The topological polar surface area (TPSA) is 50.0 Å². The summed E-state index contributed by atoms with van der Waals surface area (Å²) in [5, 5.41) is 16.4. The molecule has 1 unspecified atom stereocenters. The van der Waals surface area contributed by atoms with E-state index in [9.17, 15) is 5.11 Å². The molecule has 3 fully saturated rings. The Hall–Kier alpha value is -2.65. The van der Waals surface area contributed by atoms with E-state index >= 15 is 0 Å². The van der Waals surface area contributed by atoms with Crippen LogP contribution in [0.4, 0.5) is 0 Å². The molecule has 1 N–H and O–H groups in total. The third kappa shape index (κ3) is 2.96. The monoisotopic (exact) mass is 387 g/mol. The predicted octanol–water partition coefficient (Wildman–Crippen LogP) is 2.68. The highest BCUT2D eigenvalue weighted by Crippen LogP contribution is 2.39. The van der Waals surface area contributed by atoms with E-state index < -0.39 is 11.2 Å². The van der Waals surface area contributed by atoms with Gasteiger partial charge in [0, 0.05) is 36.9 Å². The molecule has 2 atom stereocenters. The minimum atomic E-state index is -1.47. The first-order valence-electron chi connectivity index (χ1n) is 10.2. The third-order valence-electron chi connectivity index (χ3n) is 6.53. The summed E-state index contributed by atoms with van der Waals surface area (Å²) in [4.78, 5) is 2.41. The van der Waals surface area contributed by atoms with E-state index in [0.717, 1.165) is 43.6 Å². The molecule has 5 heterocycles. The number of aromatic nitrogens is 2. The van der Waals surface area contributed by atoms with Crippen LogP contribution < -0.4 is 0 Å². The van der Waals surface area contributed by atoms with Gasteiger partial charge in [0.05, 0.1) is 11.7 Å². The van der Waals surface area contributed by atoms with Crippen LogP contribution in [0.5, 0.6) is 0 Å². The summed E-state index contributed by atoms with van der Waals surface area (Å²) in [5.41, 5.74) is 0.251. The van der Waals surface area contributed by atoms with Gasteiger partial charge in [0.1, 0.15) is 5.60 Å². The summed E-state index contributed by atoms with van der Waals surface area (Å²) in [6.45, 7) is 3.00. The van der Waals surface area contributed by atoms with Crippen molar-refractivity contribution in [3.63, 3.8) is 0 Å². The van der Waals surface area contributed by atoms with Crippen molar-refractivity contribution in [1.29, 1.82) is 0 Å². The van der Waals surface area contributed by atoms with Gasteiger partial charge in [-0.1, -0.05) is 48.2 Å². The lowest BCUT2D eigenvalue weighted by Gasteiger charge is -2.49. The lowest BCUT2D eigenvalue weighted by atomic mass is 9.75. The van der Waals surface area contributed by atoms with Gasteiger partial charge in [-0.3, -0.25) is 4.90 Å². The van der Waals surface area contributed by atoms with Crippen LogP contribution in [0, 0.1) is 17.8 Å². The summed E-state index contributed by atoms with van der Waals surface area (Å²) >= 11 is 0. The number of fused-ring (bicyclic) bond motifs is 4. The highest BCUT2D eigenvalue weighted by Gasteiger charge is 2.46. The Kier molecular flexibility index (Phi) is 4.44. The molecule has 0 saturated carbocycles. The van der Waals surface area contributed by atoms with E-state index in [1.807, 2.05) is 54.7 Å². The maximum absolute atomic E-state index is 12.0. The molecule has 3 saturated heterocycles. The van der Waals surface area contributed by atoms with Crippen molar-refractivity contribution in [2.75, 3.05) is 26.7 Å². The second-order valence-electron chi connectivity index (χ2n) is 8.06. The van der Waals surface area contributed by atoms with Crippen molar-refractivity contribution in [3.05, 3.63) is 72.1 Å². The van der Waals surface area contributed by atoms with E-state index in [2.05, 4.69) is 21.8 Å². The molecule has 0 radical (unpaired) electrons. The fourth-order valence-corrected chi connectivity index (χ4v) is 4.83. The van der Waals surface area contributed by atoms with Crippen LogP contribution in [0.3, 0.4) is 0 Å². The largest absolute Gasteiger partial charge is 0.369 e. The molecule has 5 nitrogen and oxygen atoms in total. The zero-order valence-corrected chi connectivity index (χ0v) is 16.6. The summed E-state index contributed by atoms with van der Waals surface area (Å²) in [6, 6.07) is 15.4. The van der Waals surface area contributed by atoms with E-state index in [1.54, 1.807) is 17.8 Å². The van der Waals surface area contributed by atoms with Crippen molar-refractivity contribution >= 4 is 5.52 Å². The van der Waals surface area contributed by atoms with Crippen molar-refractivity contribution in [2.24, 2.45) is 5.92 Å². The molecule has 0 spiro atoms. The predicted molar refractivity (Wildman–Crippen MR) is 111 cm³/mol. The lowest BCUT2D eigenvalue weighted by molar-refractivity contribution is -0.0964. The van der Waals surface area contributed by atoms with Crippen molar-refractivity contribution in [2.45, 2.75) is 24.0 Å². The zero-order chi connectivity index (χ0) is 19.9. The van der Waals surface area contributed by atoms with Crippen LogP contribution in [0.25, 0.3) is 5.52 Å². The number of methoxy groups -OCH3 is 1. The van der Waals surface area contributed by atoms with Crippen molar-refractivity contribution < 1.29 is 9.84 Å². The normalized spacial score (nSPS) is 27.9. The number of hydrogen-bond donors (Lipinski definition) is 1. The van der Waals surface area contributed by atoms with Gasteiger partial charge in [-0.2, -0.15) is 5.10 Å². The molecule has 2 bridgehead atoms. The second-order valence-corrected chi connectivity index (χ2v) is 8.06. The molecule has 3 aliphatic rings. The molecular weight excluding hydrogens is 362 g/mol. The van der Waals surface area contributed by atoms with Gasteiger partial charge in [-0.25, -0.2) is 4.52 Å². The van der Waals surface area contributed by atoms with Crippen LogP contribution in [0.2, 0.25) is 0 Å². The summed E-state index contributed by atoms with van der Waals surface area (Å²) < 4.78 is 7.77. The van der Waals surface area contributed by atoms with E-state index in [-0.39, 0.29) is 0 Å². The Morgan fingerprint density at radius 2 is 1.90 bits per heavy atom. The molecule has 1 aromatic carbocycles.